The zero-order chi connectivity index (χ0) is 56.9. The van der Waals surface area contributed by atoms with Gasteiger partial charge in [0.15, 0.2) is 0 Å². The molecule has 2 fully saturated rings. The molecule has 19 nitrogen and oxygen atoms in total. The molecular weight excluding hydrogens is 1040 g/mol. The third-order valence-electron chi connectivity index (χ3n) is 13.9. The minimum absolute atomic E-state index is 0.0201. The van der Waals surface area contributed by atoms with Crippen LogP contribution in [0, 0.1) is 19.3 Å². The van der Waals surface area contributed by atoms with E-state index in [1.807, 2.05) is 76.5 Å². The molecule has 0 spiro atoms. The van der Waals surface area contributed by atoms with Crippen LogP contribution in [0.1, 0.15) is 110 Å². The van der Waals surface area contributed by atoms with Crippen molar-refractivity contribution in [2.45, 2.75) is 142 Å². The van der Waals surface area contributed by atoms with E-state index in [1.54, 1.807) is 62.6 Å². The summed E-state index contributed by atoms with van der Waals surface area (Å²) in [5.74, 6) is 0.0249. The summed E-state index contributed by atoms with van der Waals surface area (Å²) in [6, 6.07) is 20.9. The minimum Gasteiger partial charge on any atom is -0.391 e. The highest BCUT2D eigenvalue weighted by Crippen LogP contribution is 2.30. The zero-order valence-electron chi connectivity index (χ0n) is 47.0. The molecule has 21 heteroatoms. The van der Waals surface area contributed by atoms with Crippen LogP contribution in [0.3, 0.4) is 0 Å². The molecule has 426 valence electrons. The lowest BCUT2D eigenvalue weighted by atomic mass is 9.85. The first-order chi connectivity index (χ1) is 37.5. The predicted molar refractivity (Wildman–Crippen MR) is 312 cm³/mol. The minimum atomic E-state index is -3.72. The van der Waals surface area contributed by atoms with E-state index in [0.717, 1.165) is 96.9 Å². The summed E-state index contributed by atoms with van der Waals surface area (Å²) in [4.78, 5) is 74.2. The fraction of sp³-hybridized carbons (Fsp3) is 0.500. The predicted octanol–water partition coefficient (Wildman–Crippen LogP) is 7.56. The van der Waals surface area contributed by atoms with Gasteiger partial charge >= 0.3 is 0 Å². The van der Waals surface area contributed by atoms with E-state index in [4.69, 9.17) is 0 Å². The number of likely N-dealkylation sites (tertiary alicyclic amines) is 1. The van der Waals surface area contributed by atoms with Crippen molar-refractivity contribution in [1.82, 2.24) is 45.4 Å². The SMILES string of the molecule is Cc1cnc(Nc2ccc(N3CCN(CC(=O)NCCCCCCCCC(=O)NC(C(=O)N4C[C@H](O)C[C@H]4C(=O)NCc4ccc(-c5scnc5C)cc4)C(C)(C)C)CC3)cc2)nc1Nc1cccc(S(=O)(=O)NC(C)(C)C)c1. The maximum absolute atomic E-state index is 14.0. The number of carbonyl (C=O) groups is 4. The number of sulfonamides is 1. The maximum atomic E-state index is 14.0. The lowest BCUT2D eigenvalue weighted by Crippen LogP contribution is -2.57. The highest BCUT2D eigenvalue weighted by molar-refractivity contribution is 7.89. The van der Waals surface area contributed by atoms with Crippen molar-refractivity contribution in [1.29, 1.82) is 0 Å². The molecule has 7 rings (SSSR count). The van der Waals surface area contributed by atoms with Gasteiger partial charge in [-0.05, 0) is 106 Å². The second-order valence-electron chi connectivity index (χ2n) is 22.8. The number of aryl methyl sites for hydroxylation is 2. The molecule has 2 aliphatic heterocycles. The van der Waals surface area contributed by atoms with Gasteiger partial charge in [0.2, 0.25) is 39.6 Å². The number of piperazine rings is 1. The summed E-state index contributed by atoms with van der Waals surface area (Å²) < 4.78 is 28.6. The summed E-state index contributed by atoms with van der Waals surface area (Å²) in [5.41, 5.74) is 6.77. The van der Waals surface area contributed by atoms with Gasteiger partial charge in [-0.2, -0.15) is 4.98 Å². The number of aromatic nitrogens is 3. The molecular formula is C58H80N12O7S2. The Kier molecular flexibility index (Phi) is 20.6. The number of rotatable bonds is 24. The largest absolute Gasteiger partial charge is 0.391 e. The number of nitrogens with one attached hydrogen (secondary N) is 6. The molecule has 0 saturated carbocycles. The average molecular weight is 1120 g/mol. The van der Waals surface area contributed by atoms with Crippen LogP contribution in [0.5, 0.6) is 0 Å². The molecule has 4 amide bonds. The molecule has 7 N–H and O–H groups in total. The van der Waals surface area contributed by atoms with Crippen LogP contribution < -0.4 is 36.2 Å². The third kappa shape index (κ3) is 17.7. The van der Waals surface area contributed by atoms with Crippen LogP contribution in [-0.2, 0) is 35.7 Å². The zero-order valence-corrected chi connectivity index (χ0v) is 48.7. The number of benzene rings is 3. The summed E-state index contributed by atoms with van der Waals surface area (Å²) in [6.07, 6.45) is 6.59. The van der Waals surface area contributed by atoms with Gasteiger partial charge in [-0.3, -0.25) is 24.1 Å². The Hall–Kier alpha value is -6.52. The van der Waals surface area contributed by atoms with E-state index in [1.165, 1.54) is 4.90 Å². The Morgan fingerprint density at radius 1 is 0.797 bits per heavy atom. The van der Waals surface area contributed by atoms with Crippen molar-refractivity contribution in [3.05, 3.63) is 101 Å². The highest BCUT2D eigenvalue weighted by Gasteiger charge is 2.44. The molecule has 3 atom stereocenters. The number of carbonyl (C=O) groups excluding carboxylic acids is 4. The molecule has 4 heterocycles. The summed E-state index contributed by atoms with van der Waals surface area (Å²) >= 11 is 1.58. The van der Waals surface area contributed by atoms with Crippen LogP contribution in [0.2, 0.25) is 0 Å². The Bertz CT molecular complexity index is 2970. The van der Waals surface area contributed by atoms with Gasteiger partial charge in [-0.1, -0.05) is 76.8 Å². The third-order valence-corrected chi connectivity index (χ3v) is 16.6. The molecule has 0 aliphatic carbocycles. The van der Waals surface area contributed by atoms with Crippen molar-refractivity contribution < 1.29 is 32.7 Å². The molecule has 1 unspecified atom stereocenters. The molecule has 0 bridgehead atoms. The van der Waals surface area contributed by atoms with Gasteiger partial charge in [-0.15, -0.1) is 11.3 Å². The fourth-order valence-electron chi connectivity index (χ4n) is 9.64. The monoisotopic (exact) mass is 1120 g/mol. The van der Waals surface area contributed by atoms with Gasteiger partial charge in [0.1, 0.15) is 17.9 Å². The average Bonchev–Trinajstić information content (AvgIpc) is 4.07. The summed E-state index contributed by atoms with van der Waals surface area (Å²) in [5, 5.41) is 26.1. The van der Waals surface area contributed by atoms with Crippen molar-refractivity contribution in [2.24, 2.45) is 5.41 Å². The first-order valence-electron chi connectivity index (χ1n) is 27.4. The molecule has 2 aliphatic rings. The number of anilines is 5. The van der Waals surface area contributed by atoms with Crippen molar-refractivity contribution in [3.63, 3.8) is 0 Å². The van der Waals surface area contributed by atoms with Crippen LogP contribution in [0.4, 0.5) is 28.8 Å². The second-order valence-corrected chi connectivity index (χ2v) is 25.4. The van der Waals surface area contributed by atoms with Gasteiger partial charge in [0.05, 0.1) is 33.6 Å². The van der Waals surface area contributed by atoms with Gasteiger partial charge in [0, 0.05) is 93.0 Å². The van der Waals surface area contributed by atoms with E-state index in [-0.39, 0.29) is 54.5 Å². The fourth-order valence-corrected chi connectivity index (χ4v) is 11.9. The van der Waals surface area contributed by atoms with E-state index < -0.39 is 39.2 Å². The Morgan fingerprint density at radius 3 is 2.16 bits per heavy atom. The molecule has 2 saturated heterocycles. The molecule has 79 heavy (non-hydrogen) atoms. The Balaban J connectivity index is 0.745. The number of hydrogen-bond donors (Lipinski definition) is 7. The Labute approximate surface area is 470 Å². The molecule has 2 aromatic heterocycles. The maximum Gasteiger partial charge on any atom is 0.246 e. The smallest absolute Gasteiger partial charge is 0.246 e. The summed E-state index contributed by atoms with van der Waals surface area (Å²) in [6.45, 7) is 19.3. The van der Waals surface area contributed by atoms with E-state index in [2.05, 4.69) is 68.2 Å². The van der Waals surface area contributed by atoms with Crippen LogP contribution in [0.25, 0.3) is 10.4 Å². The van der Waals surface area contributed by atoms with Gasteiger partial charge in [0.25, 0.3) is 0 Å². The van der Waals surface area contributed by atoms with Gasteiger partial charge in [-0.25, -0.2) is 23.1 Å². The number of nitrogens with zero attached hydrogens (tertiary/aromatic N) is 6. The number of aliphatic hydroxyl groups is 1. The number of amides is 4. The molecule has 0 radical (unpaired) electrons. The number of thiazole rings is 1. The van der Waals surface area contributed by atoms with Crippen molar-refractivity contribution in [3.8, 4) is 10.4 Å². The quantitative estimate of drug-likeness (QED) is 0.0295. The Morgan fingerprint density at radius 2 is 1.49 bits per heavy atom. The number of aliphatic hydroxyl groups excluding tert-OH is 1. The number of hydrogen-bond acceptors (Lipinski definition) is 15. The number of β-amino-alcohol motifs (C(OH)–C–C–N with tert-alkyl or cyclic N) is 1. The van der Waals surface area contributed by atoms with Crippen LogP contribution >= 0.6 is 11.3 Å². The highest BCUT2D eigenvalue weighted by atomic mass is 32.2. The summed E-state index contributed by atoms with van der Waals surface area (Å²) in [7, 11) is -3.72. The van der Waals surface area contributed by atoms with Crippen LogP contribution in [0.15, 0.2) is 89.4 Å². The number of unbranched alkanes of at least 4 members (excludes halogenated alkanes) is 5. The lowest BCUT2D eigenvalue weighted by molar-refractivity contribution is -0.144. The normalized spacial score (nSPS) is 16.6. The van der Waals surface area contributed by atoms with Crippen LogP contribution in [-0.4, -0.2) is 131 Å². The lowest BCUT2D eigenvalue weighted by Gasteiger charge is -2.35. The van der Waals surface area contributed by atoms with Gasteiger partial charge < -0.3 is 41.5 Å². The van der Waals surface area contributed by atoms with Crippen molar-refractivity contribution >= 4 is 73.8 Å². The van der Waals surface area contributed by atoms with E-state index in [9.17, 15) is 32.7 Å². The molecule has 5 aromatic rings. The topological polar surface area (TPSA) is 243 Å². The first kappa shape index (κ1) is 60.1. The van der Waals surface area contributed by atoms with E-state index >= 15 is 0 Å². The molecule has 3 aromatic carbocycles. The first-order valence-corrected chi connectivity index (χ1v) is 29.8. The standard InChI is InChI=1S/C58H80N12O7S2/c1-39-34-61-56(66-53(39)63-44-16-15-17-47(32-44)79(76,77)67-58(6,7)8)64-43-23-25-45(26-24-43)69-30-28-68(29-31-69)37-50(73)59-27-14-12-10-9-11-13-18-49(72)65-52(57(3,4)5)55(75)70-36-46(71)33-48(70)54(74)60-35-41-19-21-42(22-20-41)51-40(2)62-38-78-51/h15-17,19-26,32,34,38,46,48,52,67,71H,9-14,18,27-31,33,35-37H2,1-8H3,(H,59,73)(H,60,74)(H,65,72)(H2,61,63,64,66)/t46-,48+,52?/m1/s1. The van der Waals surface area contributed by atoms with Crippen molar-refractivity contribution in [2.75, 3.05) is 61.3 Å². The van der Waals surface area contributed by atoms with E-state index in [0.29, 0.717) is 37.0 Å². The second kappa shape index (κ2) is 27.1.